The minimum atomic E-state index is -3.77. The van der Waals surface area contributed by atoms with E-state index in [1.807, 2.05) is 13.0 Å². The first-order valence-corrected chi connectivity index (χ1v) is 9.16. The molecule has 2 N–H and O–H groups in total. The molecule has 3 rings (SSSR count). The van der Waals surface area contributed by atoms with Crippen LogP contribution >= 0.6 is 11.6 Å². The Hall–Kier alpha value is -2.24. The molecule has 3 aromatic rings. The van der Waals surface area contributed by atoms with Gasteiger partial charge in [-0.2, -0.15) is 0 Å². The van der Waals surface area contributed by atoms with Crippen LogP contribution in [0.25, 0.3) is 10.8 Å². The fourth-order valence-corrected chi connectivity index (χ4v) is 4.22. The van der Waals surface area contributed by atoms with Crippen LogP contribution in [0.1, 0.15) is 11.1 Å². The van der Waals surface area contributed by atoms with Gasteiger partial charge >= 0.3 is 0 Å². The third kappa shape index (κ3) is 2.92. The average molecular weight is 362 g/mol. The summed E-state index contributed by atoms with van der Waals surface area (Å²) in [5.41, 5.74) is 1.98. The standard InChI is InChI=1S/C18H16ClNO3S/c1-11-7-8-17(12(2)9-11)24(22,23)20-16-10-15(19)18(21)14-6-4-3-5-13(14)16/h3-10,20-21H,1-2H3. The monoisotopic (exact) mass is 361 g/mol. The van der Waals surface area contributed by atoms with Crippen LogP contribution in [0.4, 0.5) is 5.69 Å². The van der Waals surface area contributed by atoms with E-state index in [1.165, 1.54) is 6.07 Å². The molecule has 0 spiro atoms. The molecule has 124 valence electrons. The molecule has 0 fully saturated rings. The molecule has 0 atom stereocenters. The van der Waals surface area contributed by atoms with Gasteiger partial charge in [-0.25, -0.2) is 8.42 Å². The minimum absolute atomic E-state index is 0.0678. The largest absolute Gasteiger partial charge is 0.506 e. The molecule has 4 nitrogen and oxygen atoms in total. The van der Waals surface area contributed by atoms with E-state index in [4.69, 9.17) is 11.6 Å². The summed E-state index contributed by atoms with van der Waals surface area (Å²) in [7, 11) is -3.77. The van der Waals surface area contributed by atoms with Crippen LogP contribution in [-0.4, -0.2) is 13.5 Å². The molecule has 3 aromatic carbocycles. The van der Waals surface area contributed by atoms with Crippen molar-refractivity contribution in [1.29, 1.82) is 0 Å². The Morgan fingerprint density at radius 3 is 2.33 bits per heavy atom. The minimum Gasteiger partial charge on any atom is -0.506 e. The van der Waals surface area contributed by atoms with Crippen LogP contribution in [0, 0.1) is 13.8 Å². The van der Waals surface area contributed by atoms with Gasteiger partial charge < -0.3 is 5.11 Å². The Labute approximate surface area is 145 Å². The number of rotatable bonds is 3. The van der Waals surface area contributed by atoms with Crippen LogP contribution in [0.2, 0.25) is 5.02 Å². The molecule has 0 aliphatic rings. The van der Waals surface area contributed by atoms with Crippen molar-refractivity contribution >= 4 is 38.1 Å². The van der Waals surface area contributed by atoms with Crippen molar-refractivity contribution in [2.45, 2.75) is 18.7 Å². The second-order valence-corrected chi connectivity index (χ2v) is 7.73. The summed E-state index contributed by atoms with van der Waals surface area (Å²) in [4.78, 5) is 0.210. The lowest BCUT2D eigenvalue weighted by molar-refractivity contribution is 0.482. The Kier molecular flexibility index (Phi) is 4.15. The number of benzene rings is 3. The highest BCUT2D eigenvalue weighted by molar-refractivity contribution is 7.92. The van der Waals surface area contributed by atoms with E-state index in [9.17, 15) is 13.5 Å². The lowest BCUT2D eigenvalue weighted by Gasteiger charge is -2.14. The molecular formula is C18H16ClNO3S. The summed E-state index contributed by atoms with van der Waals surface area (Å²) in [5.74, 6) is -0.0678. The smallest absolute Gasteiger partial charge is 0.262 e. The Bertz CT molecular complexity index is 1050. The highest BCUT2D eigenvalue weighted by Crippen LogP contribution is 2.38. The predicted molar refractivity (Wildman–Crippen MR) is 97.3 cm³/mol. The van der Waals surface area contributed by atoms with Crippen molar-refractivity contribution in [1.82, 2.24) is 0 Å². The van der Waals surface area contributed by atoms with Crippen molar-refractivity contribution in [2.75, 3.05) is 4.72 Å². The summed E-state index contributed by atoms with van der Waals surface area (Å²) >= 11 is 6.03. The molecular weight excluding hydrogens is 346 g/mol. The number of aromatic hydroxyl groups is 1. The molecule has 0 saturated heterocycles. The highest BCUT2D eigenvalue weighted by Gasteiger charge is 2.19. The highest BCUT2D eigenvalue weighted by atomic mass is 35.5. The van der Waals surface area contributed by atoms with Gasteiger partial charge in [0.25, 0.3) is 10.0 Å². The molecule has 0 saturated carbocycles. The quantitative estimate of drug-likeness (QED) is 0.669. The SMILES string of the molecule is Cc1ccc(S(=O)(=O)Nc2cc(Cl)c(O)c3ccccc23)c(C)c1. The van der Waals surface area contributed by atoms with Gasteiger partial charge in [0.05, 0.1) is 15.6 Å². The van der Waals surface area contributed by atoms with E-state index in [0.29, 0.717) is 22.0 Å². The van der Waals surface area contributed by atoms with E-state index in [0.717, 1.165) is 5.56 Å². The number of halogens is 1. The number of nitrogens with one attached hydrogen (secondary N) is 1. The van der Waals surface area contributed by atoms with E-state index < -0.39 is 10.0 Å². The van der Waals surface area contributed by atoms with Crippen molar-refractivity contribution in [3.05, 3.63) is 64.7 Å². The van der Waals surface area contributed by atoms with E-state index in [2.05, 4.69) is 4.72 Å². The first-order chi connectivity index (χ1) is 11.3. The summed E-state index contributed by atoms with van der Waals surface area (Å²) < 4.78 is 28.1. The number of phenolic OH excluding ortho intramolecular Hbond substituents is 1. The van der Waals surface area contributed by atoms with Crippen LogP contribution in [0.3, 0.4) is 0 Å². The zero-order valence-electron chi connectivity index (χ0n) is 13.2. The molecule has 0 unspecified atom stereocenters. The maximum atomic E-state index is 12.8. The van der Waals surface area contributed by atoms with Gasteiger partial charge in [-0.15, -0.1) is 0 Å². The van der Waals surface area contributed by atoms with Crippen molar-refractivity contribution in [2.24, 2.45) is 0 Å². The molecule has 0 bridgehead atoms. The normalized spacial score (nSPS) is 11.6. The number of anilines is 1. The second-order valence-electron chi connectivity index (χ2n) is 5.67. The fourth-order valence-electron chi connectivity index (χ4n) is 2.71. The van der Waals surface area contributed by atoms with Crippen LogP contribution in [0.5, 0.6) is 5.75 Å². The third-order valence-electron chi connectivity index (χ3n) is 3.83. The van der Waals surface area contributed by atoms with Crippen molar-refractivity contribution in [3.8, 4) is 5.75 Å². The van der Waals surface area contributed by atoms with Crippen LogP contribution in [0.15, 0.2) is 53.4 Å². The Morgan fingerprint density at radius 2 is 1.67 bits per heavy atom. The number of fused-ring (bicyclic) bond motifs is 1. The summed E-state index contributed by atoms with van der Waals surface area (Å²) in [5, 5.41) is 11.2. The van der Waals surface area contributed by atoms with Gasteiger partial charge in [-0.05, 0) is 31.5 Å². The van der Waals surface area contributed by atoms with Gasteiger partial charge in [-0.3, -0.25) is 4.72 Å². The van der Waals surface area contributed by atoms with Gasteiger partial charge in [0.15, 0.2) is 0 Å². The molecule has 0 amide bonds. The zero-order chi connectivity index (χ0) is 17.5. The molecule has 0 radical (unpaired) electrons. The van der Waals surface area contributed by atoms with E-state index in [1.54, 1.807) is 43.3 Å². The fraction of sp³-hybridized carbons (Fsp3) is 0.111. The molecule has 6 heteroatoms. The third-order valence-corrected chi connectivity index (χ3v) is 5.65. The lowest BCUT2D eigenvalue weighted by Crippen LogP contribution is -2.14. The summed E-state index contributed by atoms with van der Waals surface area (Å²) in [6, 6.07) is 13.5. The van der Waals surface area contributed by atoms with Gasteiger partial charge in [0, 0.05) is 10.8 Å². The number of phenols is 1. The topological polar surface area (TPSA) is 66.4 Å². The zero-order valence-corrected chi connectivity index (χ0v) is 14.7. The maximum Gasteiger partial charge on any atom is 0.262 e. The van der Waals surface area contributed by atoms with E-state index >= 15 is 0 Å². The number of sulfonamides is 1. The molecule has 0 aromatic heterocycles. The summed E-state index contributed by atoms with van der Waals surface area (Å²) in [6.45, 7) is 3.66. The van der Waals surface area contributed by atoms with E-state index in [-0.39, 0.29) is 15.7 Å². The molecule has 0 aliphatic heterocycles. The first-order valence-electron chi connectivity index (χ1n) is 7.30. The Morgan fingerprint density at radius 1 is 1.00 bits per heavy atom. The first kappa shape index (κ1) is 16.6. The summed E-state index contributed by atoms with van der Waals surface area (Å²) in [6.07, 6.45) is 0. The van der Waals surface area contributed by atoms with Crippen molar-refractivity contribution < 1.29 is 13.5 Å². The average Bonchev–Trinajstić information content (AvgIpc) is 2.51. The molecule has 0 heterocycles. The lowest BCUT2D eigenvalue weighted by atomic mass is 10.1. The maximum absolute atomic E-state index is 12.8. The van der Waals surface area contributed by atoms with Gasteiger partial charge in [0.2, 0.25) is 0 Å². The molecule has 24 heavy (non-hydrogen) atoms. The second kappa shape index (κ2) is 6.00. The van der Waals surface area contributed by atoms with Gasteiger partial charge in [-0.1, -0.05) is 53.6 Å². The molecule has 0 aliphatic carbocycles. The number of aryl methyl sites for hydroxylation is 2. The number of hydrogen-bond acceptors (Lipinski definition) is 3. The van der Waals surface area contributed by atoms with Crippen LogP contribution < -0.4 is 4.72 Å². The Balaban J connectivity index is 2.14. The number of hydrogen-bond donors (Lipinski definition) is 2. The van der Waals surface area contributed by atoms with Gasteiger partial charge in [0.1, 0.15) is 5.75 Å². The van der Waals surface area contributed by atoms with Crippen molar-refractivity contribution in [3.63, 3.8) is 0 Å². The van der Waals surface area contributed by atoms with Crippen LogP contribution in [-0.2, 0) is 10.0 Å². The predicted octanol–water partition coefficient (Wildman–Crippen LogP) is 4.62.